The Kier molecular flexibility index (Phi) is 7.23. The van der Waals surface area contributed by atoms with Crippen molar-refractivity contribution in [2.75, 3.05) is 13.1 Å². The minimum absolute atomic E-state index is 0.0821. The topological polar surface area (TPSA) is 93.4 Å². The van der Waals surface area contributed by atoms with Crippen molar-refractivity contribution in [1.29, 1.82) is 5.26 Å². The van der Waals surface area contributed by atoms with Crippen molar-refractivity contribution in [3.63, 3.8) is 0 Å². The molecule has 1 heterocycles. The van der Waals surface area contributed by atoms with Gasteiger partial charge in [-0.2, -0.15) is 5.26 Å². The fraction of sp³-hybridized carbons (Fsp3) is 0.292. The lowest BCUT2D eigenvalue weighted by Gasteiger charge is -2.32. The van der Waals surface area contributed by atoms with Gasteiger partial charge in [-0.1, -0.05) is 42.5 Å². The van der Waals surface area contributed by atoms with Gasteiger partial charge in [-0.05, 0) is 48.4 Å². The number of hydrogen-bond acceptors (Lipinski definition) is 4. The second-order valence-corrected chi connectivity index (χ2v) is 7.48. The van der Waals surface area contributed by atoms with Crippen molar-refractivity contribution >= 4 is 11.9 Å². The Morgan fingerprint density at radius 3 is 2.33 bits per heavy atom. The molecule has 2 N–H and O–H groups in total. The van der Waals surface area contributed by atoms with Gasteiger partial charge in [-0.3, -0.25) is 4.79 Å². The second kappa shape index (κ2) is 10.3. The number of carbonyl (C=O) groups excluding carboxylic acids is 1. The predicted molar refractivity (Wildman–Crippen MR) is 113 cm³/mol. The van der Waals surface area contributed by atoms with Crippen LogP contribution < -0.4 is 5.32 Å². The van der Waals surface area contributed by atoms with Gasteiger partial charge < -0.3 is 15.3 Å². The lowest BCUT2D eigenvalue weighted by atomic mass is 9.90. The number of hydrogen-bond donors (Lipinski definition) is 2. The van der Waals surface area contributed by atoms with Crippen molar-refractivity contribution in [3.8, 4) is 6.07 Å². The van der Waals surface area contributed by atoms with E-state index >= 15 is 0 Å². The number of likely N-dealkylation sites (tertiary alicyclic amines) is 1. The van der Waals surface area contributed by atoms with E-state index in [1.165, 1.54) is 23.9 Å². The quantitative estimate of drug-likeness (QED) is 0.546. The zero-order valence-corrected chi connectivity index (χ0v) is 16.8. The van der Waals surface area contributed by atoms with Gasteiger partial charge in [0, 0.05) is 25.8 Å². The molecule has 30 heavy (non-hydrogen) atoms. The van der Waals surface area contributed by atoms with Crippen LogP contribution in [0.2, 0.25) is 0 Å². The maximum absolute atomic E-state index is 12.7. The Morgan fingerprint density at radius 2 is 1.73 bits per heavy atom. The zero-order valence-electron chi connectivity index (χ0n) is 16.8. The minimum Gasteiger partial charge on any atom is -0.478 e. The van der Waals surface area contributed by atoms with Crippen LogP contribution in [0.4, 0.5) is 0 Å². The number of carboxylic acids is 1. The van der Waals surface area contributed by atoms with Crippen LogP contribution in [0.3, 0.4) is 0 Å². The van der Waals surface area contributed by atoms with Crippen LogP contribution in [-0.2, 0) is 17.8 Å². The Hall–Kier alpha value is -3.59. The van der Waals surface area contributed by atoms with Gasteiger partial charge in [0.25, 0.3) is 5.91 Å². The second-order valence-electron chi connectivity index (χ2n) is 7.48. The van der Waals surface area contributed by atoms with E-state index in [-0.39, 0.29) is 17.0 Å². The van der Waals surface area contributed by atoms with Crippen molar-refractivity contribution in [1.82, 2.24) is 10.2 Å². The van der Waals surface area contributed by atoms with E-state index in [4.69, 9.17) is 5.11 Å². The standard InChI is InChI=1S/C24H25N3O3/c25-15-22(17-26-16-20-6-8-21(9-7-20)24(29)30)23(28)27-12-10-19(11-13-27)14-18-4-2-1-3-5-18/h1-9,17,19,26H,10-14,16H2,(H,29,30)/b22-17-. The number of piperidine rings is 1. The highest BCUT2D eigenvalue weighted by atomic mass is 16.4. The number of aromatic carboxylic acids is 1. The predicted octanol–water partition coefficient (Wildman–Crippen LogP) is 3.36. The summed E-state index contributed by atoms with van der Waals surface area (Å²) in [5.74, 6) is -0.665. The molecule has 3 rings (SSSR count). The summed E-state index contributed by atoms with van der Waals surface area (Å²) < 4.78 is 0. The fourth-order valence-electron chi connectivity index (χ4n) is 3.64. The number of benzene rings is 2. The summed E-state index contributed by atoms with van der Waals surface area (Å²) in [6.45, 7) is 1.72. The third kappa shape index (κ3) is 5.71. The molecule has 1 saturated heterocycles. The van der Waals surface area contributed by atoms with Crippen molar-refractivity contribution in [2.24, 2.45) is 5.92 Å². The molecule has 0 radical (unpaired) electrons. The molecule has 6 nitrogen and oxygen atoms in total. The molecule has 0 aromatic heterocycles. The van der Waals surface area contributed by atoms with Gasteiger partial charge >= 0.3 is 5.97 Å². The Labute approximate surface area is 176 Å². The Bertz CT molecular complexity index is 938. The molecule has 2 aromatic carbocycles. The summed E-state index contributed by atoms with van der Waals surface area (Å²) in [6.07, 6.45) is 4.33. The molecule has 0 saturated carbocycles. The van der Waals surface area contributed by atoms with Crippen molar-refractivity contribution < 1.29 is 14.7 Å². The lowest BCUT2D eigenvalue weighted by molar-refractivity contribution is -0.128. The fourth-order valence-corrected chi connectivity index (χ4v) is 3.64. The normalized spacial score (nSPS) is 14.8. The monoisotopic (exact) mass is 403 g/mol. The van der Waals surface area contributed by atoms with Crippen LogP contribution in [0.15, 0.2) is 66.4 Å². The minimum atomic E-state index is -0.973. The van der Waals surface area contributed by atoms with Gasteiger partial charge in [0.15, 0.2) is 0 Å². The summed E-state index contributed by atoms with van der Waals surface area (Å²) in [6, 6.07) is 18.8. The first kappa shape index (κ1) is 21.1. The Balaban J connectivity index is 1.49. The van der Waals surface area contributed by atoms with Gasteiger partial charge in [-0.25, -0.2) is 4.79 Å². The number of rotatable bonds is 7. The van der Waals surface area contributed by atoms with Gasteiger partial charge in [0.1, 0.15) is 11.6 Å². The molecule has 1 aliphatic heterocycles. The number of carbonyl (C=O) groups is 2. The first-order chi connectivity index (χ1) is 14.6. The number of nitriles is 1. The number of nitrogens with one attached hydrogen (secondary N) is 1. The van der Waals surface area contributed by atoms with Crippen molar-refractivity contribution in [2.45, 2.75) is 25.8 Å². The van der Waals surface area contributed by atoms with Gasteiger partial charge in [0.05, 0.1) is 5.56 Å². The SMILES string of the molecule is N#C/C(=C/NCc1ccc(C(=O)O)cc1)C(=O)N1CCC(Cc2ccccc2)CC1. The van der Waals surface area contributed by atoms with Crippen LogP contribution in [0, 0.1) is 17.2 Å². The molecule has 2 aromatic rings. The van der Waals surface area contributed by atoms with Crippen LogP contribution in [0.1, 0.15) is 34.3 Å². The van der Waals surface area contributed by atoms with E-state index < -0.39 is 5.97 Å². The molecule has 0 unspecified atom stereocenters. The average molecular weight is 403 g/mol. The van der Waals surface area contributed by atoms with Gasteiger partial charge in [0.2, 0.25) is 0 Å². The molecule has 0 aliphatic carbocycles. The average Bonchev–Trinajstić information content (AvgIpc) is 2.78. The lowest BCUT2D eigenvalue weighted by Crippen LogP contribution is -2.39. The summed E-state index contributed by atoms with van der Waals surface area (Å²) >= 11 is 0. The molecular weight excluding hydrogens is 378 g/mol. The van der Waals surface area contributed by atoms with E-state index in [0.29, 0.717) is 25.6 Å². The first-order valence-electron chi connectivity index (χ1n) is 10.1. The molecule has 0 bridgehead atoms. The molecule has 0 atom stereocenters. The number of carboxylic acid groups (broad SMARTS) is 1. The molecule has 0 spiro atoms. The number of nitrogens with zero attached hydrogens (tertiary/aromatic N) is 2. The van der Waals surface area contributed by atoms with Gasteiger partial charge in [-0.15, -0.1) is 0 Å². The molecule has 1 amide bonds. The van der Waals surface area contributed by atoms with Crippen LogP contribution in [0.25, 0.3) is 0 Å². The third-order valence-corrected chi connectivity index (χ3v) is 5.37. The van der Waals surface area contributed by atoms with Crippen LogP contribution in [-0.4, -0.2) is 35.0 Å². The largest absolute Gasteiger partial charge is 0.478 e. The molecule has 6 heteroatoms. The van der Waals surface area contributed by atoms with E-state index in [9.17, 15) is 14.9 Å². The zero-order chi connectivity index (χ0) is 21.3. The van der Waals surface area contributed by atoms with E-state index in [1.54, 1.807) is 17.0 Å². The van der Waals surface area contributed by atoms with Crippen LogP contribution >= 0.6 is 0 Å². The maximum atomic E-state index is 12.7. The van der Waals surface area contributed by atoms with E-state index in [2.05, 4.69) is 17.4 Å². The highest BCUT2D eigenvalue weighted by Gasteiger charge is 2.25. The molecule has 1 fully saturated rings. The molecule has 154 valence electrons. The smallest absolute Gasteiger partial charge is 0.335 e. The van der Waals surface area contributed by atoms with E-state index in [0.717, 1.165) is 24.8 Å². The first-order valence-corrected chi connectivity index (χ1v) is 10.1. The van der Waals surface area contributed by atoms with Crippen molar-refractivity contribution in [3.05, 3.63) is 83.1 Å². The molecule has 1 aliphatic rings. The summed E-state index contributed by atoms with van der Waals surface area (Å²) in [4.78, 5) is 25.3. The molecular formula is C24H25N3O3. The summed E-state index contributed by atoms with van der Waals surface area (Å²) in [5, 5.41) is 21.3. The van der Waals surface area contributed by atoms with E-state index in [1.807, 2.05) is 24.3 Å². The number of amides is 1. The highest BCUT2D eigenvalue weighted by Crippen LogP contribution is 2.22. The highest BCUT2D eigenvalue weighted by molar-refractivity contribution is 5.97. The maximum Gasteiger partial charge on any atom is 0.335 e. The summed E-state index contributed by atoms with van der Waals surface area (Å²) in [5.41, 5.74) is 2.49. The summed E-state index contributed by atoms with van der Waals surface area (Å²) in [7, 11) is 0. The Morgan fingerprint density at radius 1 is 1.07 bits per heavy atom. The third-order valence-electron chi connectivity index (χ3n) is 5.37. The van der Waals surface area contributed by atoms with Crippen LogP contribution in [0.5, 0.6) is 0 Å².